The fourth-order valence-corrected chi connectivity index (χ4v) is 2.78. The molecule has 1 aliphatic heterocycles. The highest BCUT2D eigenvalue weighted by atomic mass is 19.1. The summed E-state index contributed by atoms with van der Waals surface area (Å²) < 4.78 is 18.5. The molecular formula is C19H28FN3O3. The maximum absolute atomic E-state index is 13.1. The average Bonchev–Trinajstić information content (AvgIpc) is 2.54. The average molecular weight is 365 g/mol. The number of halogens is 1. The summed E-state index contributed by atoms with van der Waals surface area (Å²) in [6.45, 7) is 7.08. The topological polar surface area (TPSA) is 70.7 Å². The zero-order valence-electron chi connectivity index (χ0n) is 15.7. The van der Waals surface area contributed by atoms with E-state index in [-0.39, 0.29) is 24.0 Å². The van der Waals surface area contributed by atoms with Crippen LogP contribution < -0.4 is 10.6 Å². The van der Waals surface area contributed by atoms with Crippen molar-refractivity contribution in [3.8, 4) is 0 Å². The first-order chi connectivity index (χ1) is 12.2. The minimum atomic E-state index is -0.506. The van der Waals surface area contributed by atoms with Crippen LogP contribution in [0, 0.1) is 5.82 Å². The van der Waals surface area contributed by atoms with Gasteiger partial charge in [-0.15, -0.1) is 0 Å². The van der Waals surface area contributed by atoms with Crippen LogP contribution >= 0.6 is 0 Å². The first kappa shape index (κ1) is 20.0. The van der Waals surface area contributed by atoms with Gasteiger partial charge in [0, 0.05) is 25.7 Å². The molecule has 7 heteroatoms. The van der Waals surface area contributed by atoms with Crippen LogP contribution in [0.3, 0.4) is 0 Å². The van der Waals surface area contributed by atoms with Gasteiger partial charge in [-0.05, 0) is 57.7 Å². The monoisotopic (exact) mass is 365 g/mol. The van der Waals surface area contributed by atoms with Crippen LogP contribution in [0.5, 0.6) is 0 Å². The van der Waals surface area contributed by atoms with Gasteiger partial charge in [0.2, 0.25) is 0 Å². The number of ether oxygens (including phenoxy) is 1. The zero-order valence-corrected chi connectivity index (χ0v) is 15.7. The van der Waals surface area contributed by atoms with Crippen molar-refractivity contribution in [3.63, 3.8) is 0 Å². The highest BCUT2D eigenvalue weighted by Gasteiger charge is 2.27. The Morgan fingerprint density at radius 3 is 2.58 bits per heavy atom. The van der Waals surface area contributed by atoms with Gasteiger partial charge in [0.15, 0.2) is 0 Å². The van der Waals surface area contributed by atoms with Gasteiger partial charge in [0.05, 0.1) is 0 Å². The van der Waals surface area contributed by atoms with E-state index in [4.69, 9.17) is 4.74 Å². The number of likely N-dealkylation sites (tertiary alicyclic amines) is 1. The second kappa shape index (κ2) is 8.87. The molecule has 1 aromatic rings. The molecule has 2 rings (SSSR count). The summed E-state index contributed by atoms with van der Waals surface area (Å²) in [5, 5.41) is 5.71. The van der Waals surface area contributed by atoms with Crippen molar-refractivity contribution in [2.45, 2.75) is 51.7 Å². The normalized spacial score (nSPS) is 15.5. The Morgan fingerprint density at radius 2 is 1.96 bits per heavy atom. The van der Waals surface area contributed by atoms with Crippen molar-refractivity contribution in [2.24, 2.45) is 0 Å². The molecule has 0 unspecified atom stereocenters. The number of nitrogens with one attached hydrogen (secondary N) is 2. The van der Waals surface area contributed by atoms with Crippen LogP contribution in [-0.4, -0.2) is 48.3 Å². The van der Waals surface area contributed by atoms with Gasteiger partial charge >= 0.3 is 12.1 Å². The molecule has 6 nitrogen and oxygen atoms in total. The minimum absolute atomic E-state index is 0.0304. The van der Waals surface area contributed by atoms with Gasteiger partial charge in [-0.1, -0.05) is 12.1 Å². The Bertz CT molecular complexity index is 623. The third-order valence-corrected chi connectivity index (χ3v) is 4.07. The smallest absolute Gasteiger partial charge is 0.410 e. The van der Waals surface area contributed by atoms with Crippen molar-refractivity contribution in [3.05, 3.63) is 35.6 Å². The molecule has 26 heavy (non-hydrogen) atoms. The fourth-order valence-electron chi connectivity index (χ4n) is 2.78. The third-order valence-electron chi connectivity index (χ3n) is 4.07. The van der Waals surface area contributed by atoms with E-state index in [1.165, 1.54) is 12.1 Å². The molecule has 144 valence electrons. The first-order valence-corrected chi connectivity index (χ1v) is 9.00. The third kappa shape index (κ3) is 6.90. The molecule has 0 aliphatic carbocycles. The molecule has 1 aromatic carbocycles. The predicted molar refractivity (Wildman–Crippen MR) is 97.5 cm³/mol. The summed E-state index contributed by atoms with van der Waals surface area (Å²) in [6.07, 6.45) is 1.64. The van der Waals surface area contributed by atoms with E-state index >= 15 is 0 Å². The first-order valence-electron chi connectivity index (χ1n) is 9.00. The highest BCUT2D eigenvalue weighted by Crippen LogP contribution is 2.15. The predicted octanol–water partition coefficient (Wildman–Crippen LogP) is 3.07. The summed E-state index contributed by atoms with van der Waals surface area (Å²) in [7, 11) is 0. The van der Waals surface area contributed by atoms with Gasteiger partial charge in [0.25, 0.3) is 0 Å². The second-order valence-electron chi connectivity index (χ2n) is 7.52. The lowest BCUT2D eigenvalue weighted by Gasteiger charge is -2.33. The van der Waals surface area contributed by atoms with E-state index in [2.05, 4.69) is 10.6 Å². The molecule has 1 fully saturated rings. The summed E-state index contributed by atoms with van der Waals surface area (Å²) >= 11 is 0. The van der Waals surface area contributed by atoms with E-state index in [1.54, 1.807) is 11.0 Å². The van der Waals surface area contributed by atoms with Crippen LogP contribution in [0.2, 0.25) is 0 Å². The Hall–Kier alpha value is -2.31. The number of benzene rings is 1. The van der Waals surface area contributed by atoms with Crippen molar-refractivity contribution in [2.75, 3.05) is 19.6 Å². The molecule has 0 aromatic heterocycles. The van der Waals surface area contributed by atoms with Crippen LogP contribution in [0.1, 0.15) is 39.2 Å². The summed E-state index contributed by atoms with van der Waals surface area (Å²) in [6, 6.07) is 6.14. The molecular weight excluding hydrogens is 337 g/mol. The molecule has 0 atom stereocenters. The Balaban J connectivity index is 1.65. The van der Waals surface area contributed by atoms with Gasteiger partial charge in [-0.25, -0.2) is 14.0 Å². The van der Waals surface area contributed by atoms with Crippen molar-refractivity contribution in [1.29, 1.82) is 0 Å². The van der Waals surface area contributed by atoms with E-state index in [9.17, 15) is 14.0 Å². The van der Waals surface area contributed by atoms with Gasteiger partial charge in [0.1, 0.15) is 11.4 Å². The Kier molecular flexibility index (Phi) is 6.83. The van der Waals surface area contributed by atoms with Crippen molar-refractivity contribution < 1.29 is 18.7 Å². The summed E-state index contributed by atoms with van der Waals surface area (Å²) in [5.41, 5.74) is 0.337. The maximum Gasteiger partial charge on any atom is 0.410 e. The Morgan fingerprint density at radius 1 is 1.27 bits per heavy atom. The summed E-state index contributed by atoms with van der Waals surface area (Å²) in [4.78, 5) is 25.7. The lowest BCUT2D eigenvalue weighted by molar-refractivity contribution is 0.0201. The van der Waals surface area contributed by atoms with E-state index < -0.39 is 5.60 Å². The van der Waals surface area contributed by atoms with E-state index in [0.717, 1.165) is 5.56 Å². The quantitative estimate of drug-likeness (QED) is 0.861. The molecule has 1 heterocycles. The van der Waals surface area contributed by atoms with Crippen LogP contribution in [0.25, 0.3) is 0 Å². The SMILES string of the molecule is CC(C)(C)OC(=O)N1CCC(NC(=O)NCCc2cccc(F)c2)CC1. The molecule has 3 amide bonds. The zero-order chi connectivity index (χ0) is 19.2. The molecule has 0 bridgehead atoms. The molecule has 1 saturated heterocycles. The minimum Gasteiger partial charge on any atom is -0.444 e. The van der Waals surface area contributed by atoms with Crippen molar-refractivity contribution >= 4 is 12.1 Å². The standard InChI is InChI=1S/C19H28FN3O3/c1-19(2,3)26-18(25)23-11-8-16(9-12-23)22-17(24)21-10-7-14-5-4-6-15(20)13-14/h4-6,13,16H,7-12H2,1-3H3,(H2,21,22,24). The number of carbonyl (C=O) groups excluding carboxylic acids is 2. The number of nitrogens with zero attached hydrogens (tertiary/aromatic N) is 1. The van der Waals surface area contributed by atoms with Crippen LogP contribution in [-0.2, 0) is 11.2 Å². The Labute approximate surface area is 154 Å². The lowest BCUT2D eigenvalue weighted by atomic mass is 10.1. The largest absolute Gasteiger partial charge is 0.444 e. The van der Waals surface area contributed by atoms with Crippen LogP contribution in [0.4, 0.5) is 14.0 Å². The van der Waals surface area contributed by atoms with Crippen LogP contribution in [0.15, 0.2) is 24.3 Å². The highest BCUT2D eigenvalue weighted by molar-refractivity contribution is 5.74. The molecule has 1 aliphatic rings. The number of urea groups is 1. The fraction of sp³-hybridized carbons (Fsp3) is 0.579. The van der Waals surface area contributed by atoms with E-state index in [1.807, 2.05) is 26.8 Å². The molecule has 0 saturated carbocycles. The number of amides is 3. The number of hydrogen-bond acceptors (Lipinski definition) is 3. The summed E-state index contributed by atoms with van der Waals surface area (Å²) in [5.74, 6) is -0.274. The second-order valence-corrected chi connectivity index (χ2v) is 7.52. The molecule has 0 spiro atoms. The van der Waals surface area contributed by atoms with E-state index in [0.29, 0.717) is 38.9 Å². The van der Waals surface area contributed by atoms with Gasteiger partial charge in [-0.2, -0.15) is 0 Å². The number of piperidine rings is 1. The van der Waals surface area contributed by atoms with Gasteiger partial charge in [-0.3, -0.25) is 0 Å². The number of carbonyl (C=O) groups is 2. The lowest BCUT2D eigenvalue weighted by Crippen LogP contribution is -2.50. The van der Waals surface area contributed by atoms with Gasteiger partial charge < -0.3 is 20.3 Å². The molecule has 0 radical (unpaired) electrons. The van der Waals surface area contributed by atoms with Crippen molar-refractivity contribution in [1.82, 2.24) is 15.5 Å². The maximum atomic E-state index is 13.1. The number of hydrogen-bond donors (Lipinski definition) is 2. The number of rotatable bonds is 4. The molecule has 2 N–H and O–H groups in total.